The van der Waals surface area contributed by atoms with E-state index >= 15 is 0 Å². The van der Waals surface area contributed by atoms with Crippen LogP contribution in [0.3, 0.4) is 0 Å². The second-order valence-corrected chi connectivity index (χ2v) is 4.83. The lowest BCUT2D eigenvalue weighted by molar-refractivity contribution is -0.153. The van der Waals surface area contributed by atoms with E-state index in [1.54, 1.807) is 13.8 Å². The lowest BCUT2D eigenvalue weighted by Gasteiger charge is -2.31. The molecule has 0 radical (unpaired) electrons. The Hall–Kier alpha value is -0.330. The van der Waals surface area contributed by atoms with Crippen LogP contribution in [0.15, 0.2) is 0 Å². The van der Waals surface area contributed by atoms with Gasteiger partial charge in [-0.05, 0) is 20.3 Å². The summed E-state index contributed by atoms with van der Waals surface area (Å²) in [5, 5.41) is 9.88. The maximum absolute atomic E-state index is 12.3. The van der Waals surface area contributed by atoms with Crippen LogP contribution in [0.4, 0.5) is 13.2 Å². The molecule has 0 aliphatic carbocycles. The number of ether oxygens (including phenoxy) is 1. The molecule has 2 atom stereocenters. The Morgan fingerprint density at radius 3 is 2.47 bits per heavy atom. The van der Waals surface area contributed by atoms with Crippen molar-refractivity contribution in [2.24, 2.45) is 5.92 Å². The molecule has 1 saturated heterocycles. The molecule has 0 amide bonds. The Morgan fingerprint density at radius 1 is 1.41 bits per heavy atom. The molecular formula is C11H20F3NO2. The minimum absolute atomic E-state index is 0.0375. The third-order valence-electron chi connectivity index (χ3n) is 3.04. The minimum atomic E-state index is -4.23. The van der Waals surface area contributed by atoms with Gasteiger partial charge in [0.15, 0.2) is 0 Å². The molecule has 1 heterocycles. The van der Waals surface area contributed by atoms with Gasteiger partial charge in [-0.15, -0.1) is 0 Å². The predicted octanol–water partition coefficient (Wildman–Crippen LogP) is 1.66. The summed E-state index contributed by atoms with van der Waals surface area (Å²) in [5.41, 5.74) is 0. The van der Waals surface area contributed by atoms with Gasteiger partial charge in [-0.25, -0.2) is 0 Å². The van der Waals surface area contributed by atoms with Crippen LogP contribution < -0.4 is 0 Å². The van der Waals surface area contributed by atoms with Gasteiger partial charge in [0.25, 0.3) is 0 Å². The topological polar surface area (TPSA) is 32.7 Å². The fourth-order valence-corrected chi connectivity index (χ4v) is 1.93. The minimum Gasteiger partial charge on any atom is -0.391 e. The molecule has 0 aromatic heterocycles. The van der Waals surface area contributed by atoms with E-state index in [1.165, 1.54) is 4.90 Å². The summed E-state index contributed by atoms with van der Waals surface area (Å²) in [6, 6.07) is -0.242. The number of hydrogen-bond acceptors (Lipinski definition) is 3. The van der Waals surface area contributed by atoms with E-state index in [1.807, 2.05) is 0 Å². The van der Waals surface area contributed by atoms with Gasteiger partial charge in [-0.1, -0.05) is 0 Å². The lowest BCUT2D eigenvalue weighted by Crippen LogP contribution is -2.45. The van der Waals surface area contributed by atoms with E-state index in [0.717, 1.165) is 6.42 Å². The fourth-order valence-electron chi connectivity index (χ4n) is 1.93. The molecule has 0 bridgehead atoms. The van der Waals surface area contributed by atoms with Crippen LogP contribution in [0.2, 0.25) is 0 Å². The van der Waals surface area contributed by atoms with Crippen molar-refractivity contribution >= 4 is 0 Å². The molecule has 102 valence electrons. The molecule has 0 saturated carbocycles. The maximum Gasteiger partial charge on any atom is 0.401 e. The molecule has 1 rings (SSSR count). The molecule has 6 heteroatoms. The summed E-state index contributed by atoms with van der Waals surface area (Å²) in [7, 11) is 0. The molecule has 1 fully saturated rings. The van der Waals surface area contributed by atoms with Crippen LogP contribution in [0.5, 0.6) is 0 Å². The summed E-state index contributed by atoms with van der Waals surface area (Å²) in [6.07, 6.45) is -4.25. The number of aliphatic hydroxyl groups is 1. The molecule has 17 heavy (non-hydrogen) atoms. The fraction of sp³-hybridized carbons (Fsp3) is 1.00. The van der Waals surface area contributed by atoms with Crippen molar-refractivity contribution in [3.05, 3.63) is 0 Å². The molecule has 2 unspecified atom stereocenters. The zero-order valence-corrected chi connectivity index (χ0v) is 10.2. The first-order chi connectivity index (χ1) is 7.79. The van der Waals surface area contributed by atoms with E-state index in [0.29, 0.717) is 13.2 Å². The number of halogens is 3. The maximum atomic E-state index is 12.3. The third kappa shape index (κ3) is 5.23. The molecule has 0 spiro atoms. The van der Waals surface area contributed by atoms with Crippen molar-refractivity contribution in [1.82, 2.24) is 4.90 Å². The number of nitrogens with zero attached hydrogens (tertiary/aromatic N) is 1. The Bertz CT molecular complexity index is 227. The van der Waals surface area contributed by atoms with Crippen LogP contribution in [0.1, 0.15) is 20.3 Å². The lowest BCUT2D eigenvalue weighted by atomic mass is 10.0. The SMILES string of the molecule is CC(C)N(CC(O)C1CCOC1)CC(F)(F)F. The Morgan fingerprint density at radius 2 is 2.06 bits per heavy atom. The quantitative estimate of drug-likeness (QED) is 0.811. The van der Waals surface area contributed by atoms with Gasteiger partial charge >= 0.3 is 6.18 Å². The highest BCUT2D eigenvalue weighted by molar-refractivity contribution is 4.78. The standard InChI is InChI=1S/C11H20F3NO2/c1-8(2)15(7-11(12,13)14)5-10(16)9-3-4-17-6-9/h8-10,16H,3-7H2,1-2H3. The average molecular weight is 255 g/mol. The largest absolute Gasteiger partial charge is 0.401 e. The Balaban J connectivity index is 2.48. The monoisotopic (exact) mass is 255 g/mol. The first-order valence-corrected chi connectivity index (χ1v) is 5.86. The molecule has 0 aromatic carbocycles. The van der Waals surface area contributed by atoms with Crippen molar-refractivity contribution in [2.75, 3.05) is 26.3 Å². The zero-order valence-electron chi connectivity index (χ0n) is 10.2. The van der Waals surface area contributed by atoms with Crippen LogP contribution >= 0.6 is 0 Å². The second-order valence-electron chi connectivity index (χ2n) is 4.83. The number of hydrogen-bond donors (Lipinski definition) is 1. The Kier molecular flexibility index (Phi) is 5.22. The van der Waals surface area contributed by atoms with Crippen LogP contribution in [0.25, 0.3) is 0 Å². The highest BCUT2D eigenvalue weighted by Crippen LogP contribution is 2.21. The highest BCUT2D eigenvalue weighted by Gasteiger charge is 2.34. The summed E-state index contributed by atoms with van der Waals surface area (Å²) < 4.78 is 42.2. The first-order valence-electron chi connectivity index (χ1n) is 5.86. The number of rotatable bonds is 5. The van der Waals surface area contributed by atoms with Crippen molar-refractivity contribution in [3.63, 3.8) is 0 Å². The van der Waals surface area contributed by atoms with Crippen molar-refractivity contribution in [1.29, 1.82) is 0 Å². The number of alkyl halides is 3. The number of aliphatic hydroxyl groups excluding tert-OH is 1. The predicted molar refractivity (Wildman–Crippen MR) is 57.7 cm³/mol. The van der Waals surface area contributed by atoms with E-state index in [9.17, 15) is 18.3 Å². The summed E-state index contributed by atoms with van der Waals surface area (Å²) in [6.45, 7) is 3.50. The average Bonchev–Trinajstić information content (AvgIpc) is 2.66. The van der Waals surface area contributed by atoms with Gasteiger partial charge in [0.1, 0.15) is 0 Å². The molecule has 1 aliphatic rings. The van der Waals surface area contributed by atoms with E-state index < -0.39 is 18.8 Å². The smallest absolute Gasteiger partial charge is 0.391 e. The second kappa shape index (κ2) is 6.02. The van der Waals surface area contributed by atoms with Gasteiger partial charge in [0.2, 0.25) is 0 Å². The van der Waals surface area contributed by atoms with E-state index in [4.69, 9.17) is 4.74 Å². The van der Waals surface area contributed by atoms with Crippen LogP contribution in [0, 0.1) is 5.92 Å². The van der Waals surface area contributed by atoms with Gasteiger partial charge in [0.05, 0.1) is 19.3 Å². The van der Waals surface area contributed by atoms with Gasteiger partial charge < -0.3 is 9.84 Å². The summed E-state index contributed by atoms with van der Waals surface area (Å²) >= 11 is 0. The van der Waals surface area contributed by atoms with Gasteiger partial charge in [-0.3, -0.25) is 4.90 Å². The van der Waals surface area contributed by atoms with Crippen molar-refractivity contribution in [2.45, 2.75) is 38.6 Å². The zero-order chi connectivity index (χ0) is 13.1. The van der Waals surface area contributed by atoms with Gasteiger partial charge in [-0.2, -0.15) is 13.2 Å². The van der Waals surface area contributed by atoms with E-state index in [-0.39, 0.29) is 18.5 Å². The normalized spacial score (nSPS) is 23.6. The van der Waals surface area contributed by atoms with Gasteiger partial charge in [0, 0.05) is 25.1 Å². The molecule has 3 nitrogen and oxygen atoms in total. The van der Waals surface area contributed by atoms with Crippen molar-refractivity contribution < 1.29 is 23.0 Å². The van der Waals surface area contributed by atoms with Crippen LogP contribution in [-0.4, -0.2) is 54.6 Å². The highest BCUT2D eigenvalue weighted by atomic mass is 19.4. The molecular weight excluding hydrogens is 235 g/mol. The molecule has 1 aliphatic heterocycles. The first kappa shape index (κ1) is 14.7. The Labute approximate surface area is 99.5 Å². The third-order valence-corrected chi connectivity index (χ3v) is 3.04. The van der Waals surface area contributed by atoms with E-state index in [2.05, 4.69) is 0 Å². The molecule has 1 N–H and O–H groups in total. The van der Waals surface area contributed by atoms with Crippen LogP contribution in [-0.2, 0) is 4.74 Å². The summed E-state index contributed by atoms with van der Waals surface area (Å²) in [5.74, 6) is -0.0375. The molecule has 0 aromatic rings. The summed E-state index contributed by atoms with van der Waals surface area (Å²) in [4.78, 5) is 1.25. The van der Waals surface area contributed by atoms with Crippen molar-refractivity contribution in [3.8, 4) is 0 Å².